The summed E-state index contributed by atoms with van der Waals surface area (Å²) in [4.78, 5) is 23.7. The third-order valence-corrected chi connectivity index (χ3v) is 5.33. The van der Waals surface area contributed by atoms with E-state index in [1.54, 1.807) is 12.4 Å². The number of amides is 1. The third kappa shape index (κ3) is 3.02. The summed E-state index contributed by atoms with van der Waals surface area (Å²) in [5.74, 6) is 1.59. The molecule has 0 bridgehead atoms. The van der Waals surface area contributed by atoms with Crippen LogP contribution in [0, 0.1) is 0 Å². The van der Waals surface area contributed by atoms with Gasteiger partial charge in [-0.3, -0.25) is 9.78 Å². The number of pyridine rings is 1. The normalized spacial score (nSPS) is 18.7. The zero-order valence-corrected chi connectivity index (χ0v) is 14.9. The van der Waals surface area contributed by atoms with Crippen LogP contribution in [0.4, 0.5) is 0 Å². The van der Waals surface area contributed by atoms with Crippen molar-refractivity contribution in [1.29, 1.82) is 0 Å². The van der Waals surface area contributed by atoms with Crippen LogP contribution in [0.2, 0.25) is 0 Å². The van der Waals surface area contributed by atoms with E-state index in [2.05, 4.69) is 27.4 Å². The lowest BCUT2D eigenvalue weighted by Gasteiger charge is -2.32. The van der Waals surface area contributed by atoms with Crippen molar-refractivity contribution >= 4 is 5.91 Å². The first-order valence-corrected chi connectivity index (χ1v) is 9.26. The Hall–Kier alpha value is -2.99. The molecule has 2 aliphatic heterocycles. The number of rotatable bonds is 2. The molecule has 0 fully saturated rings. The number of nitrogens with one attached hydrogen (secondary N) is 1. The number of oxazole rings is 1. The summed E-state index contributed by atoms with van der Waals surface area (Å²) in [7, 11) is 0. The highest BCUT2D eigenvalue weighted by Crippen LogP contribution is 2.26. The van der Waals surface area contributed by atoms with Gasteiger partial charge in [-0.2, -0.15) is 0 Å². The molecule has 27 heavy (non-hydrogen) atoms. The van der Waals surface area contributed by atoms with Crippen molar-refractivity contribution in [3.8, 4) is 11.5 Å². The van der Waals surface area contributed by atoms with Gasteiger partial charge in [0.05, 0.1) is 18.2 Å². The van der Waals surface area contributed by atoms with E-state index in [1.165, 1.54) is 11.1 Å². The molecular weight excluding hydrogens is 340 g/mol. The molecule has 4 heterocycles. The van der Waals surface area contributed by atoms with Gasteiger partial charge < -0.3 is 14.6 Å². The van der Waals surface area contributed by atoms with Crippen molar-refractivity contribution in [2.24, 2.45) is 0 Å². The van der Waals surface area contributed by atoms with E-state index in [0.717, 1.165) is 30.0 Å². The Kier molecular flexibility index (Phi) is 3.98. The van der Waals surface area contributed by atoms with Gasteiger partial charge in [0.2, 0.25) is 11.8 Å². The molecule has 0 radical (unpaired) electrons. The molecule has 1 aromatic carbocycles. The van der Waals surface area contributed by atoms with E-state index in [1.807, 2.05) is 29.2 Å². The summed E-state index contributed by atoms with van der Waals surface area (Å²) in [5, 5.41) is 3.38. The van der Waals surface area contributed by atoms with Crippen molar-refractivity contribution in [2.75, 3.05) is 6.54 Å². The molecule has 2 aliphatic rings. The number of hydrogen-bond donors (Lipinski definition) is 1. The molecule has 6 nitrogen and oxygen atoms in total. The Labute approximate surface area is 157 Å². The van der Waals surface area contributed by atoms with Crippen LogP contribution < -0.4 is 5.32 Å². The molecule has 2 aromatic heterocycles. The number of fused-ring (bicyclic) bond motifs is 2. The molecule has 6 heteroatoms. The molecular formula is C21H20N4O2. The fraction of sp³-hybridized carbons (Fsp3) is 0.286. The molecule has 1 amide bonds. The smallest absolute Gasteiger partial charge is 0.240 e. The molecule has 0 aliphatic carbocycles. The Balaban J connectivity index is 1.32. The fourth-order valence-electron chi connectivity index (χ4n) is 3.85. The lowest BCUT2D eigenvalue weighted by molar-refractivity contribution is -0.134. The minimum atomic E-state index is -0.175. The molecule has 136 valence electrons. The Morgan fingerprint density at radius 2 is 2.07 bits per heavy atom. The van der Waals surface area contributed by atoms with Crippen molar-refractivity contribution in [1.82, 2.24) is 20.2 Å². The fourth-order valence-corrected chi connectivity index (χ4v) is 3.85. The Bertz CT molecular complexity index is 983. The molecule has 1 N–H and O–H groups in total. The zero-order chi connectivity index (χ0) is 18.2. The van der Waals surface area contributed by atoms with E-state index in [9.17, 15) is 4.79 Å². The minimum absolute atomic E-state index is 0.140. The summed E-state index contributed by atoms with van der Waals surface area (Å²) in [5.41, 5.74) is 4.24. The summed E-state index contributed by atoms with van der Waals surface area (Å²) >= 11 is 0. The second kappa shape index (κ2) is 6.63. The van der Waals surface area contributed by atoms with Gasteiger partial charge in [-0.05, 0) is 29.7 Å². The van der Waals surface area contributed by atoms with Gasteiger partial charge >= 0.3 is 0 Å². The van der Waals surface area contributed by atoms with Crippen LogP contribution in [0.5, 0.6) is 0 Å². The Morgan fingerprint density at radius 3 is 2.93 bits per heavy atom. The quantitative estimate of drug-likeness (QED) is 0.759. The van der Waals surface area contributed by atoms with Crippen molar-refractivity contribution < 1.29 is 9.21 Å². The monoisotopic (exact) mass is 360 g/mol. The van der Waals surface area contributed by atoms with Gasteiger partial charge in [0.15, 0.2) is 0 Å². The lowest BCUT2D eigenvalue weighted by Crippen LogP contribution is -2.50. The summed E-state index contributed by atoms with van der Waals surface area (Å²) in [6.07, 6.45) is 4.89. The van der Waals surface area contributed by atoms with Crippen LogP contribution in [0.15, 0.2) is 53.2 Å². The third-order valence-electron chi connectivity index (χ3n) is 5.33. The molecule has 0 unspecified atom stereocenters. The van der Waals surface area contributed by atoms with E-state index >= 15 is 0 Å². The zero-order valence-electron chi connectivity index (χ0n) is 14.9. The van der Waals surface area contributed by atoms with Gasteiger partial charge in [0.25, 0.3) is 0 Å². The highest BCUT2D eigenvalue weighted by molar-refractivity contribution is 5.82. The number of hydrogen-bond acceptors (Lipinski definition) is 5. The molecule has 0 saturated heterocycles. The average Bonchev–Trinajstić information content (AvgIpc) is 3.17. The van der Waals surface area contributed by atoms with Crippen LogP contribution in [0.1, 0.15) is 22.6 Å². The second-order valence-corrected chi connectivity index (χ2v) is 7.05. The van der Waals surface area contributed by atoms with Crippen molar-refractivity contribution in [3.63, 3.8) is 0 Å². The van der Waals surface area contributed by atoms with Crippen LogP contribution in [-0.4, -0.2) is 33.4 Å². The van der Waals surface area contributed by atoms with Crippen molar-refractivity contribution in [3.05, 3.63) is 71.4 Å². The largest absolute Gasteiger partial charge is 0.441 e. The number of carbonyl (C=O) groups is 1. The van der Waals surface area contributed by atoms with Gasteiger partial charge in [-0.1, -0.05) is 24.3 Å². The van der Waals surface area contributed by atoms with Gasteiger partial charge in [-0.15, -0.1) is 0 Å². The number of carbonyl (C=O) groups excluding carboxylic acids is 1. The maximum Gasteiger partial charge on any atom is 0.240 e. The number of benzene rings is 1. The van der Waals surface area contributed by atoms with Gasteiger partial charge in [-0.25, -0.2) is 4.98 Å². The average molecular weight is 360 g/mol. The maximum absolute atomic E-state index is 13.0. The molecule has 0 spiro atoms. The topological polar surface area (TPSA) is 71.3 Å². The van der Waals surface area contributed by atoms with Crippen LogP contribution in [0.3, 0.4) is 0 Å². The van der Waals surface area contributed by atoms with E-state index in [0.29, 0.717) is 25.4 Å². The predicted molar refractivity (Wildman–Crippen MR) is 99.6 cm³/mol. The van der Waals surface area contributed by atoms with Crippen molar-refractivity contribution in [2.45, 2.75) is 32.0 Å². The molecule has 1 atom stereocenters. The molecule has 0 saturated carbocycles. The van der Waals surface area contributed by atoms with Crippen LogP contribution in [0.25, 0.3) is 11.5 Å². The van der Waals surface area contributed by atoms with E-state index in [4.69, 9.17) is 4.42 Å². The first-order valence-electron chi connectivity index (χ1n) is 9.26. The van der Waals surface area contributed by atoms with Crippen LogP contribution in [-0.2, 0) is 30.7 Å². The summed E-state index contributed by atoms with van der Waals surface area (Å²) in [6.45, 7) is 1.89. The summed E-state index contributed by atoms with van der Waals surface area (Å²) < 4.78 is 5.91. The number of aromatic nitrogens is 2. The van der Waals surface area contributed by atoms with E-state index < -0.39 is 0 Å². The first kappa shape index (κ1) is 16.2. The minimum Gasteiger partial charge on any atom is -0.441 e. The highest BCUT2D eigenvalue weighted by Gasteiger charge is 2.31. The van der Waals surface area contributed by atoms with Gasteiger partial charge in [0, 0.05) is 31.9 Å². The molecule has 3 aromatic rings. The lowest BCUT2D eigenvalue weighted by atomic mass is 9.95. The number of nitrogens with zero attached hydrogens (tertiary/aromatic N) is 3. The second-order valence-electron chi connectivity index (χ2n) is 7.05. The Morgan fingerprint density at radius 1 is 1.19 bits per heavy atom. The first-order chi connectivity index (χ1) is 13.3. The van der Waals surface area contributed by atoms with Gasteiger partial charge in [0.1, 0.15) is 11.5 Å². The summed E-state index contributed by atoms with van der Waals surface area (Å²) in [6, 6.07) is 11.9. The maximum atomic E-state index is 13.0. The van der Waals surface area contributed by atoms with E-state index in [-0.39, 0.29) is 11.9 Å². The van der Waals surface area contributed by atoms with Crippen LogP contribution >= 0.6 is 0 Å². The standard InChI is InChI=1S/C21H20N4O2/c26-21(17-10-14-4-1-2-5-15(14)12-23-17)25-9-7-19-18(13-25)24-20(27-19)16-6-3-8-22-11-16/h1-6,8,11,17,23H,7,9-10,12-13H2/t17-/m1/s1. The SMILES string of the molecule is O=C([C@H]1Cc2ccccc2CN1)N1CCc2oc(-c3cccnc3)nc2C1. The predicted octanol–water partition coefficient (Wildman–Crippen LogP) is 2.34. The highest BCUT2D eigenvalue weighted by atomic mass is 16.4. The molecule has 5 rings (SSSR count).